The van der Waals surface area contributed by atoms with Crippen molar-refractivity contribution >= 4 is 17.9 Å². The summed E-state index contributed by atoms with van der Waals surface area (Å²) in [4.78, 5) is 35.8. The zero-order valence-electron chi connectivity index (χ0n) is 31.8. The van der Waals surface area contributed by atoms with Gasteiger partial charge in [-0.15, -0.1) is 0 Å². The highest BCUT2D eigenvalue weighted by atomic mass is 16.5. The molecule has 0 N–H and O–H groups in total. The second kappa shape index (κ2) is 38.0. The van der Waals surface area contributed by atoms with Crippen LogP contribution in [-0.2, 0) is 23.9 Å². The molecule has 0 atom stereocenters. The maximum absolute atomic E-state index is 12.4. The molecule has 0 radical (unpaired) electrons. The largest absolute Gasteiger partial charge is 0.550 e. The van der Waals surface area contributed by atoms with E-state index in [0.717, 1.165) is 44.6 Å². The van der Waals surface area contributed by atoms with Crippen molar-refractivity contribution < 1.29 is 29.0 Å². The molecule has 48 heavy (non-hydrogen) atoms. The van der Waals surface area contributed by atoms with Gasteiger partial charge >= 0.3 is 11.9 Å². The first-order chi connectivity index (χ1) is 23.5. The van der Waals surface area contributed by atoms with Crippen molar-refractivity contribution in [3.05, 3.63) is 11.6 Å². The van der Waals surface area contributed by atoms with E-state index in [-0.39, 0.29) is 18.8 Å². The Morgan fingerprint density at radius 3 is 0.979 bits per heavy atom. The molecule has 282 valence electrons. The van der Waals surface area contributed by atoms with Crippen LogP contribution in [0.5, 0.6) is 0 Å². The molecule has 0 spiro atoms. The van der Waals surface area contributed by atoms with E-state index in [1.165, 1.54) is 167 Å². The summed E-state index contributed by atoms with van der Waals surface area (Å²) in [5.74, 6) is -2.91. The van der Waals surface area contributed by atoms with Crippen molar-refractivity contribution in [2.75, 3.05) is 13.2 Å². The fraction of sp³-hybridized carbons (Fsp3) is 0.881. The first kappa shape index (κ1) is 46.1. The number of carbonyl (C=O) groups is 3. The molecule has 0 aromatic heterocycles. The molecule has 0 saturated heterocycles. The van der Waals surface area contributed by atoms with Crippen molar-refractivity contribution in [2.24, 2.45) is 0 Å². The van der Waals surface area contributed by atoms with Crippen LogP contribution in [0.3, 0.4) is 0 Å². The lowest BCUT2D eigenvalue weighted by Crippen LogP contribution is -2.25. The van der Waals surface area contributed by atoms with Gasteiger partial charge in [-0.05, 0) is 12.8 Å². The van der Waals surface area contributed by atoms with Gasteiger partial charge in [-0.25, -0.2) is 9.59 Å². The number of unbranched alkanes of at least 4 members (excludes halogenated alkanes) is 30. The van der Waals surface area contributed by atoms with Gasteiger partial charge in [0.2, 0.25) is 0 Å². The van der Waals surface area contributed by atoms with Gasteiger partial charge in [0.15, 0.2) is 0 Å². The van der Waals surface area contributed by atoms with Gasteiger partial charge in [0.1, 0.15) is 0 Å². The monoisotopic (exact) mass is 678 g/mol. The van der Waals surface area contributed by atoms with Crippen LogP contribution in [0.4, 0.5) is 0 Å². The van der Waals surface area contributed by atoms with Crippen LogP contribution in [0.25, 0.3) is 0 Å². The maximum atomic E-state index is 12.4. The summed E-state index contributed by atoms with van der Waals surface area (Å²) in [6.45, 7) is 5.01. The predicted molar refractivity (Wildman–Crippen MR) is 199 cm³/mol. The average molecular weight is 678 g/mol. The van der Waals surface area contributed by atoms with Crippen molar-refractivity contribution in [2.45, 2.75) is 226 Å². The topological polar surface area (TPSA) is 92.7 Å². The molecule has 0 amide bonds. The Balaban J connectivity index is 3.77. The van der Waals surface area contributed by atoms with E-state index in [1.54, 1.807) is 0 Å². The van der Waals surface area contributed by atoms with Crippen LogP contribution in [0.1, 0.15) is 226 Å². The molecule has 0 aliphatic carbocycles. The molecule has 0 aliphatic heterocycles. The maximum Gasteiger partial charge on any atom is 0.334 e. The fourth-order valence-corrected chi connectivity index (χ4v) is 6.25. The highest BCUT2D eigenvalue weighted by Crippen LogP contribution is 2.16. The highest BCUT2D eigenvalue weighted by Gasteiger charge is 2.14. The third kappa shape index (κ3) is 35.5. The minimum atomic E-state index is -1.42. The first-order valence-corrected chi connectivity index (χ1v) is 20.8. The molecule has 0 fully saturated rings. The number of rotatable bonds is 38. The number of carboxylic acids is 1. The molecular formula is C42H77O6-. The van der Waals surface area contributed by atoms with Crippen LogP contribution < -0.4 is 5.11 Å². The normalized spacial score (nSPS) is 11.6. The second-order valence-corrected chi connectivity index (χ2v) is 14.1. The summed E-state index contributed by atoms with van der Waals surface area (Å²) in [5.41, 5.74) is -0.219. The summed E-state index contributed by atoms with van der Waals surface area (Å²) in [5, 5.41) is 11.1. The van der Waals surface area contributed by atoms with Gasteiger partial charge in [-0.1, -0.05) is 206 Å². The van der Waals surface area contributed by atoms with E-state index in [0.29, 0.717) is 0 Å². The van der Waals surface area contributed by atoms with Crippen molar-refractivity contribution in [1.29, 1.82) is 0 Å². The Bertz CT molecular complexity index is 761. The van der Waals surface area contributed by atoms with Gasteiger partial charge in [-0.3, -0.25) is 0 Å². The minimum absolute atomic E-state index is 0.218. The van der Waals surface area contributed by atoms with Crippen LogP contribution in [0.2, 0.25) is 0 Å². The standard InChI is InChI=1S/C42H78O6/c1-3-5-7-9-11-13-15-17-19-21-23-25-27-29-31-33-35-47-41(45)38-39(37-40(43)44)42(46)48-36-34-32-30-28-26-24-22-20-18-16-14-12-10-8-6-4-2/h38H,3-37H2,1-2H3,(H,43,44)/p-1/b39-38+. The highest BCUT2D eigenvalue weighted by molar-refractivity contribution is 5.99. The van der Waals surface area contributed by atoms with E-state index in [2.05, 4.69) is 13.8 Å². The Kier molecular flexibility index (Phi) is 36.5. The second-order valence-electron chi connectivity index (χ2n) is 14.1. The van der Waals surface area contributed by atoms with Crippen LogP contribution in [0.15, 0.2) is 11.6 Å². The number of ether oxygens (including phenoxy) is 2. The average Bonchev–Trinajstić information content (AvgIpc) is 3.07. The van der Waals surface area contributed by atoms with Crippen molar-refractivity contribution in [3.8, 4) is 0 Å². The van der Waals surface area contributed by atoms with Gasteiger partial charge in [-0.2, -0.15) is 0 Å². The lowest BCUT2D eigenvalue weighted by Gasteiger charge is -2.09. The Morgan fingerprint density at radius 1 is 0.417 bits per heavy atom. The van der Waals surface area contributed by atoms with E-state index in [1.807, 2.05) is 0 Å². The number of carboxylic acid groups (broad SMARTS) is 1. The molecule has 0 bridgehead atoms. The zero-order valence-corrected chi connectivity index (χ0v) is 31.8. The van der Waals surface area contributed by atoms with E-state index < -0.39 is 24.3 Å². The smallest absolute Gasteiger partial charge is 0.334 e. The minimum Gasteiger partial charge on any atom is -0.550 e. The Labute approximate surface area is 297 Å². The van der Waals surface area contributed by atoms with Crippen molar-refractivity contribution in [1.82, 2.24) is 0 Å². The third-order valence-electron chi connectivity index (χ3n) is 9.36. The molecular weight excluding hydrogens is 600 g/mol. The van der Waals surface area contributed by atoms with Crippen molar-refractivity contribution in [3.63, 3.8) is 0 Å². The lowest BCUT2D eigenvalue weighted by atomic mass is 10.0. The molecule has 0 unspecified atom stereocenters. The van der Waals surface area contributed by atoms with Crippen LogP contribution in [-0.4, -0.2) is 31.1 Å². The van der Waals surface area contributed by atoms with E-state index in [9.17, 15) is 19.5 Å². The first-order valence-electron chi connectivity index (χ1n) is 20.8. The quantitative estimate of drug-likeness (QED) is 0.0367. The zero-order chi connectivity index (χ0) is 35.2. The van der Waals surface area contributed by atoms with Gasteiger partial charge in [0.05, 0.1) is 13.2 Å². The van der Waals surface area contributed by atoms with Crippen LogP contribution >= 0.6 is 0 Å². The number of hydrogen-bond donors (Lipinski definition) is 0. The molecule has 0 heterocycles. The third-order valence-corrected chi connectivity index (χ3v) is 9.36. The number of carbonyl (C=O) groups excluding carboxylic acids is 3. The molecule has 0 aromatic rings. The number of aliphatic carboxylic acids is 1. The molecule has 0 saturated carbocycles. The fourth-order valence-electron chi connectivity index (χ4n) is 6.25. The summed E-state index contributed by atoms with van der Waals surface area (Å²) in [6, 6.07) is 0. The predicted octanol–water partition coefficient (Wildman–Crippen LogP) is 11.7. The van der Waals surface area contributed by atoms with Gasteiger partial charge in [0, 0.05) is 24.0 Å². The summed E-state index contributed by atoms with van der Waals surface area (Å²) in [6.07, 6.45) is 40.9. The molecule has 6 nitrogen and oxygen atoms in total. The Hall–Kier alpha value is -1.85. The van der Waals surface area contributed by atoms with Crippen LogP contribution in [0, 0.1) is 0 Å². The van der Waals surface area contributed by atoms with E-state index in [4.69, 9.17) is 9.47 Å². The summed E-state index contributed by atoms with van der Waals surface area (Å²) >= 11 is 0. The summed E-state index contributed by atoms with van der Waals surface area (Å²) in [7, 11) is 0. The number of hydrogen-bond acceptors (Lipinski definition) is 6. The summed E-state index contributed by atoms with van der Waals surface area (Å²) < 4.78 is 10.5. The number of esters is 2. The molecule has 0 aromatic carbocycles. The van der Waals surface area contributed by atoms with E-state index >= 15 is 0 Å². The van der Waals surface area contributed by atoms with Gasteiger partial charge < -0.3 is 19.4 Å². The van der Waals surface area contributed by atoms with Gasteiger partial charge in [0.25, 0.3) is 0 Å². The lowest BCUT2D eigenvalue weighted by molar-refractivity contribution is -0.304. The SMILES string of the molecule is CCCCCCCCCCCCCCCCCCOC(=O)/C=C(\CC(=O)[O-])C(=O)OCCCCCCCCCCCCCCCCCC. The molecule has 0 aliphatic rings. The molecule has 6 heteroatoms. The molecule has 0 rings (SSSR count). The Morgan fingerprint density at radius 2 is 0.688 bits per heavy atom.